The maximum absolute atomic E-state index is 13.5. The maximum atomic E-state index is 13.5. The normalized spacial score (nSPS) is 12.5. The molecule has 0 unspecified atom stereocenters. The third-order valence-corrected chi connectivity index (χ3v) is 4.40. The number of halogens is 1. The maximum Gasteiger partial charge on any atom is 0.300 e. The van der Waals surface area contributed by atoms with Crippen LogP contribution in [0.1, 0.15) is 33.0 Å². The van der Waals surface area contributed by atoms with Gasteiger partial charge in [0, 0.05) is 31.8 Å². The molecule has 1 amide bonds. The molecule has 2 heterocycles. The van der Waals surface area contributed by atoms with Gasteiger partial charge in [-0.25, -0.2) is 4.39 Å². The molecule has 0 radical (unpaired) electrons. The average Bonchev–Trinajstić information content (AvgIpc) is 3.04. The average molecular weight is 385 g/mol. The van der Waals surface area contributed by atoms with E-state index in [2.05, 4.69) is 15.5 Å². The van der Waals surface area contributed by atoms with Gasteiger partial charge >= 0.3 is 5.56 Å². The van der Waals surface area contributed by atoms with E-state index in [9.17, 15) is 14.0 Å². The van der Waals surface area contributed by atoms with Gasteiger partial charge in [-0.3, -0.25) is 18.6 Å². The quantitative estimate of drug-likeness (QED) is 0.677. The van der Waals surface area contributed by atoms with Crippen LogP contribution >= 0.6 is 0 Å². The summed E-state index contributed by atoms with van der Waals surface area (Å²) < 4.78 is 16.4. The number of carbonyl (C=O) groups excluding carboxylic acids is 1. The molecule has 7 nitrogen and oxygen atoms in total. The Kier molecular flexibility index (Phi) is 5.87. The molecule has 1 N–H and O–H groups in total. The van der Waals surface area contributed by atoms with E-state index in [1.165, 1.54) is 16.7 Å². The highest BCUT2D eigenvalue weighted by Gasteiger charge is 2.16. The molecule has 148 valence electrons. The minimum absolute atomic E-state index is 0.00322. The first-order chi connectivity index (χ1) is 13.3. The van der Waals surface area contributed by atoms with Crippen molar-refractivity contribution in [3.05, 3.63) is 58.7 Å². The van der Waals surface area contributed by atoms with Crippen molar-refractivity contribution in [3.63, 3.8) is 0 Å². The lowest BCUT2D eigenvalue weighted by Gasteiger charge is -2.12. The second kappa shape index (κ2) is 8.33. The predicted octanol–water partition coefficient (Wildman–Crippen LogP) is 2.36. The lowest BCUT2D eigenvalue weighted by Crippen LogP contribution is -2.29. The smallest absolute Gasteiger partial charge is 0.300 e. The van der Waals surface area contributed by atoms with Crippen LogP contribution in [0.25, 0.3) is 11.3 Å². The van der Waals surface area contributed by atoms with Crippen LogP contribution in [0.15, 0.2) is 41.5 Å². The lowest BCUT2D eigenvalue weighted by molar-refractivity contribution is -0.122. The number of benzene rings is 1. The third-order valence-electron chi connectivity index (χ3n) is 4.40. The minimum atomic E-state index is -0.420. The molecule has 0 aliphatic carbocycles. The number of hydrogen-bond donors (Lipinski definition) is 1. The largest absolute Gasteiger partial charge is 0.356 e. The van der Waals surface area contributed by atoms with Gasteiger partial charge in [0.25, 0.3) is 0 Å². The van der Waals surface area contributed by atoms with Crippen LogP contribution in [-0.2, 0) is 11.2 Å². The molecule has 2 aromatic heterocycles. The van der Waals surface area contributed by atoms with Crippen molar-refractivity contribution in [2.45, 2.75) is 33.6 Å². The van der Waals surface area contributed by atoms with Crippen molar-refractivity contribution < 1.29 is 9.18 Å². The van der Waals surface area contributed by atoms with Crippen LogP contribution in [0.3, 0.4) is 0 Å². The molecule has 0 aliphatic heterocycles. The van der Waals surface area contributed by atoms with Crippen LogP contribution in [0, 0.1) is 17.7 Å². The second-order valence-corrected chi connectivity index (χ2v) is 7.47. The van der Waals surface area contributed by atoms with Crippen LogP contribution < -0.4 is 10.9 Å². The van der Waals surface area contributed by atoms with E-state index in [1.54, 1.807) is 28.9 Å². The number of amides is 1. The van der Waals surface area contributed by atoms with E-state index in [1.807, 2.05) is 20.8 Å². The first kappa shape index (κ1) is 19.7. The highest BCUT2D eigenvalue weighted by Crippen LogP contribution is 2.12. The van der Waals surface area contributed by atoms with Gasteiger partial charge in [0.15, 0.2) is 0 Å². The third kappa shape index (κ3) is 4.44. The van der Waals surface area contributed by atoms with E-state index < -0.39 is 5.82 Å². The zero-order valence-electron chi connectivity index (χ0n) is 16.2. The number of hydrogen-bond acceptors (Lipinski definition) is 4. The fourth-order valence-corrected chi connectivity index (χ4v) is 2.99. The monoisotopic (exact) mass is 385 g/mol. The van der Waals surface area contributed by atoms with Crippen LogP contribution in [0.2, 0.25) is 0 Å². The first-order valence-corrected chi connectivity index (χ1v) is 9.33. The summed E-state index contributed by atoms with van der Waals surface area (Å²) in [5.41, 5.74) is 0.208. The molecular weight excluding hydrogens is 361 g/mol. The summed E-state index contributed by atoms with van der Waals surface area (Å²) in [6.07, 6.45) is 4.14. The van der Waals surface area contributed by atoms with E-state index in [4.69, 9.17) is 0 Å². The summed E-state index contributed by atoms with van der Waals surface area (Å²) in [4.78, 5) is 24.7. The number of aromatic nitrogens is 4. The fourth-order valence-electron chi connectivity index (χ4n) is 2.99. The molecule has 8 heteroatoms. The Bertz CT molecular complexity index is 1040. The first-order valence-electron chi connectivity index (χ1n) is 9.33. The van der Waals surface area contributed by atoms with Gasteiger partial charge < -0.3 is 5.32 Å². The molecule has 1 atom stereocenters. The van der Waals surface area contributed by atoms with Gasteiger partial charge in [0.2, 0.25) is 11.6 Å². The molecule has 0 bridgehead atoms. The highest BCUT2D eigenvalue weighted by molar-refractivity contribution is 5.76. The highest BCUT2D eigenvalue weighted by atomic mass is 19.1. The van der Waals surface area contributed by atoms with E-state index in [0.29, 0.717) is 36.8 Å². The Morgan fingerprint density at radius 3 is 2.71 bits per heavy atom. The van der Waals surface area contributed by atoms with Gasteiger partial charge in [-0.2, -0.15) is 0 Å². The SMILES string of the molecule is CC(C)CNC(=O)C[C@@H](C)Cc1nnc2c(=O)n(-c3cccc(F)c3)ccn12. The van der Waals surface area contributed by atoms with Crippen LogP contribution in [-0.4, -0.2) is 31.6 Å². The molecule has 3 aromatic rings. The molecule has 0 aliphatic rings. The number of nitrogens with one attached hydrogen (secondary N) is 1. The van der Waals surface area contributed by atoms with Crippen LogP contribution in [0.5, 0.6) is 0 Å². The Morgan fingerprint density at radius 2 is 2.00 bits per heavy atom. The van der Waals surface area contributed by atoms with E-state index in [-0.39, 0.29) is 23.0 Å². The molecule has 0 saturated carbocycles. The zero-order chi connectivity index (χ0) is 20.3. The number of nitrogens with zero attached hydrogens (tertiary/aromatic N) is 4. The van der Waals surface area contributed by atoms with Crippen molar-refractivity contribution in [2.75, 3.05) is 6.54 Å². The molecule has 1 aromatic carbocycles. The molecular formula is C20H24FN5O2. The van der Waals surface area contributed by atoms with Crippen molar-refractivity contribution in [1.29, 1.82) is 0 Å². The summed E-state index contributed by atoms with van der Waals surface area (Å²) >= 11 is 0. The number of fused-ring (bicyclic) bond motifs is 1. The Morgan fingerprint density at radius 1 is 1.21 bits per heavy atom. The van der Waals surface area contributed by atoms with Gasteiger partial charge in [0.1, 0.15) is 11.6 Å². The summed E-state index contributed by atoms with van der Waals surface area (Å²) in [7, 11) is 0. The fraction of sp³-hybridized carbons (Fsp3) is 0.400. The number of carbonyl (C=O) groups is 1. The van der Waals surface area contributed by atoms with Crippen LogP contribution in [0.4, 0.5) is 4.39 Å². The minimum Gasteiger partial charge on any atom is -0.356 e. The molecule has 28 heavy (non-hydrogen) atoms. The van der Waals surface area contributed by atoms with Crippen molar-refractivity contribution >= 4 is 11.6 Å². The van der Waals surface area contributed by atoms with E-state index in [0.717, 1.165) is 0 Å². The van der Waals surface area contributed by atoms with Gasteiger partial charge in [-0.05, 0) is 30.0 Å². The van der Waals surface area contributed by atoms with Gasteiger partial charge in [0.05, 0.1) is 5.69 Å². The summed E-state index contributed by atoms with van der Waals surface area (Å²) in [6, 6.07) is 5.80. The summed E-state index contributed by atoms with van der Waals surface area (Å²) in [5.74, 6) is 0.646. The zero-order valence-corrected chi connectivity index (χ0v) is 16.2. The molecule has 0 saturated heterocycles. The molecule has 0 fully saturated rings. The van der Waals surface area contributed by atoms with Crippen molar-refractivity contribution in [1.82, 2.24) is 24.5 Å². The standard InChI is InChI=1S/C20H24FN5O2/c1-13(2)12-22-18(27)10-14(3)9-17-23-24-19-20(28)25(7-8-26(17)19)16-6-4-5-15(21)11-16/h4-8,11,13-14H,9-10,12H2,1-3H3,(H,22,27)/t14-/m0/s1. The Labute approximate surface area is 162 Å². The molecule has 3 rings (SSSR count). The van der Waals surface area contributed by atoms with Gasteiger partial charge in [-0.15, -0.1) is 10.2 Å². The number of rotatable bonds is 7. The predicted molar refractivity (Wildman–Crippen MR) is 104 cm³/mol. The summed E-state index contributed by atoms with van der Waals surface area (Å²) in [6.45, 7) is 6.70. The second-order valence-electron chi connectivity index (χ2n) is 7.47. The van der Waals surface area contributed by atoms with Crippen molar-refractivity contribution in [2.24, 2.45) is 11.8 Å². The lowest BCUT2D eigenvalue weighted by atomic mass is 10.0. The topological polar surface area (TPSA) is 81.3 Å². The molecule has 0 spiro atoms. The Hall–Kier alpha value is -3.03. The summed E-state index contributed by atoms with van der Waals surface area (Å²) in [5, 5.41) is 11.0. The van der Waals surface area contributed by atoms with Gasteiger partial charge in [-0.1, -0.05) is 26.8 Å². The van der Waals surface area contributed by atoms with Crippen molar-refractivity contribution in [3.8, 4) is 5.69 Å². The Balaban J connectivity index is 1.78. The van der Waals surface area contributed by atoms with E-state index >= 15 is 0 Å².